The third-order valence-electron chi connectivity index (χ3n) is 4.50. The maximum Gasteiger partial charge on any atom is 0.335 e. The molecule has 2 aromatic carbocycles. The molecule has 0 radical (unpaired) electrons. The number of ketones is 1. The molecule has 2 aromatic heterocycles. The highest BCUT2D eigenvalue weighted by Gasteiger charge is 2.12. The molecule has 7 heteroatoms. The Bertz CT molecular complexity index is 1300. The topological polar surface area (TPSA) is 80.6 Å². The molecule has 31 heavy (non-hydrogen) atoms. The fraction of sp³-hybridized carbons (Fsp3) is 0. The van der Waals surface area contributed by atoms with Gasteiger partial charge in [0.25, 0.3) is 0 Å². The number of rotatable bonds is 6. The van der Waals surface area contributed by atoms with E-state index >= 15 is 0 Å². The molecule has 0 aliphatic rings. The second-order valence-electron chi connectivity index (χ2n) is 6.57. The van der Waals surface area contributed by atoms with Crippen molar-refractivity contribution in [3.8, 4) is 22.6 Å². The van der Waals surface area contributed by atoms with E-state index in [2.05, 4.69) is 0 Å². The molecule has 0 bridgehead atoms. The van der Waals surface area contributed by atoms with Gasteiger partial charge in [-0.2, -0.15) is 0 Å². The molecule has 0 fully saturated rings. The summed E-state index contributed by atoms with van der Waals surface area (Å²) in [6.45, 7) is 0. The highest BCUT2D eigenvalue weighted by atomic mass is 35.5. The summed E-state index contributed by atoms with van der Waals surface area (Å²) < 4.78 is 11.3. The van der Waals surface area contributed by atoms with Gasteiger partial charge in [0.1, 0.15) is 17.3 Å². The van der Waals surface area contributed by atoms with Crippen molar-refractivity contribution in [2.75, 3.05) is 0 Å². The quantitative estimate of drug-likeness (QED) is 0.249. The Morgan fingerprint density at radius 1 is 0.774 bits per heavy atom. The first-order chi connectivity index (χ1) is 14.9. The minimum atomic E-state index is -0.992. The van der Waals surface area contributed by atoms with E-state index in [-0.39, 0.29) is 17.1 Å². The van der Waals surface area contributed by atoms with E-state index in [4.69, 9.17) is 37.1 Å². The number of hydrogen-bond donors (Lipinski definition) is 1. The van der Waals surface area contributed by atoms with Crippen molar-refractivity contribution < 1.29 is 23.5 Å². The van der Waals surface area contributed by atoms with Crippen LogP contribution in [-0.4, -0.2) is 16.9 Å². The molecule has 0 spiro atoms. The van der Waals surface area contributed by atoms with Crippen LogP contribution in [0.3, 0.4) is 0 Å². The van der Waals surface area contributed by atoms with Crippen LogP contribution in [0.5, 0.6) is 0 Å². The van der Waals surface area contributed by atoms with Gasteiger partial charge in [0.05, 0.1) is 15.6 Å². The van der Waals surface area contributed by atoms with Crippen molar-refractivity contribution >= 4 is 41.0 Å². The van der Waals surface area contributed by atoms with Gasteiger partial charge in [-0.3, -0.25) is 4.79 Å². The van der Waals surface area contributed by atoms with Crippen molar-refractivity contribution in [2.45, 2.75) is 0 Å². The van der Waals surface area contributed by atoms with Gasteiger partial charge in [0.15, 0.2) is 5.76 Å². The van der Waals surface area contributed by atoms with Crippen molar-refractivity contribution in [3.05, 3.63) is 99.9 Å². The number of carbonyl (C=O) groups is 2. The van der Waals surface area contributed by atoms with Gasteiger partial charge in [0, 0.05) is 11.1 Å². The molecule has 0 aliphatic carbocycles. The van der Waals surface area contributed by atoms with Crippen LogP contribution < -0.4 is 0 Å². The molecule has 0 unspecified atom stereocenters. The third kappa shape index (κ3) is 4.63. The molecule has 0 amide bonds. The lowest BCUT2D eigenvalue weighted by Gasteiger charge is -1.99. The van der Waals surface area contributed by atoms with E-state index in [1.54, 1.807) is 60.7 Å². The Kier molecular flexibility index (Phi) is 5.80. The highest BCUT2D eigenvalue weighted by Crippen LogP contribution is 2.30. The molecule has 4 rings (SSSR count). The van der Waals surface area contributed by atoms with E-state index in [0.717, 1.165) is 5.56 Å². The van der Waals surface area contributed by atoms with Crippen LogP contribution in [0.15, 0.2) is 81.6 Å². The van der Waals surface area contributed by atoms with Crippen LogP contribution in [-0.2, 0) is 0 Å². The van der Waals surface area contributed by atoms with E-state index in [1.165, 1.54) is 18.2 Å². The summed E-state index contributed by atoms with van der Waals surface area (Å²) in [5, 5.41) is 9.81. The largest absolute Gasteiger partial charge is 0.478 e. The molecule has 0 aliphatic heterocycles. The minimum absolute atomic E-state index is 0.174. The number of benzene rings is 2. The predicted octanol–water partition coefficient (Wildman–Crippen LogP) is 7.11. The fourth-order valence-corrected chi connectivity index (χ4v) is 3.19. The first-order valence-corrected chi connectivity index (χ1v) is 9.87. The van der Waals surface area contributed by atoms with Crippen LogP contribution >= 0.6 is 23.2 Å². The number of hydrogen-bond acceptors (Lipinski definition) is 4. The van der Waals surface area contributed by atoms with Gasteiger partial charge in [-0.15, -0.1) is 0 Å². The standard InChI is InChI=1S/C24H14Cl2O5/c25-18-8-5-16(13-19(18)26)22-11-12-23(31-22)20(27)9-6-17-7-10-21(30-17)14-1-3-15(4-2-14)24(28)29/h1-13H,(H,28,29)/b9-6+. The molecule has 0 saturated carbocycles. The predicted molar refractivity (Wildman–Crippen MR) is 119 cm³/mol. The zero-order chi connectivity index (χ0) is 22.0. The summed E-state index contributed by atoms with van der Waals surface area (Å²) >= 11 is 12.0. The van der Waals surface area contributed by atoms with Crippen molar-refractivity contribution in [3.63, 3.8) is 0 Å². The number of carbonyl (C=O) groups excluding carboxylic acids is 1. The van der Waals surface area contributed by atoms with Gasteiger partial charge >= 0.3 is 5.97 Å². The van der Waals surface area contributed by atoms with Crippen LogP contribution in [0.4, 0.5) is 0 Å². The summed E-state index contributed by atoms with van der Waals surface area (Å²) in [5.41, 5.74) is 1.63. The van der Waals surface area contributed by atoms with Gasteiger partial charge in [-0.25, -0.2) is 4.79 Å². The minimum Gasteiger partial charge on any atom is -0.478 e. The lowest BCUT2D eigenvalue weighted by Crippen LogP contribution is -1.94. The van der Waals surface area contributed by atoms with Gasteiger partial charge in [-0.05, 0) is 66.7 Å². The first-order valence-electron chi connectivity index (χ1n) is 9.12. The van der Waals surface area contributed by atoms with Crippen LogP contribution in [0.1, 0.15) is 26.7 Å². The van der Waals surface area contributed by atoms with Crippen LogP contribution in [0, 0.1) is 0 Å². The molecular weight excluding hydrogens is 439 g/mol. The zero-order valence-corrected chi connectivity index (χ0v) is 17.4. The van der Waals surface area contributed by atoms with Crippen molar-refractivity contribution in [2.24, 2.45) is 0 Å². The van der Waals surface area contributed by atoms with E-state index in [0.29, 0.717) is 32.9 Å². The van der Waals surface area contributed by atoms with Gasteiger partial charge in [0.2, 0.25) is 5.78 Å². The van der Waals surface area contributed by atoms with Gasteiger partial charge < -0.3 is 13.9 Å². The maximum absolute atomic E-state index is 12.4. The second kappa shape index (κ2) is 8.68. The van der Waals surface area contributed by atoms with Crippen LogP contribution in [0.25, 0.3) is 28.7 Å². The Labute approximate surface area is 187 Å². The Morgan fingerprint density at radius 2 is 1.45 bits per heavy atom. The summed E-state index contributed by atoms with van der Waals surface area (Å²) in [5.74, 6) is 0.392. The third-order valence-corrected chi connectivity index (χ3v) is 5.23. The smallest absolute Gasteiger partial charge is 0.335 e. The normalized spacial score (nSPS) is 11.2. The molecule has 2 heterocycles. The Hall–Kier alpha value is -3.54. The number of carboxylic acid groups (broad SMARTS) is 1. The SMILES string of the molecule is O=C(O)c1ccc(-c2ccc(/C=C/C(=O)c3ccc(-c4ccc(Cl)c(Cl)c4)o3)o2)cc1. The summed E-state index contributed by atoms with van der Waals surface area (Å²) in [4.78, 5) is 23.4. The molecular formula is C24H14Cl2O5. The number of carboxylic acids is 1. The van der Waals surface area contributed by atoms with E-state index < -0.39 is 5.97 Å². The molecule has 0 atom stereocenters. The summed E-state index contributed by atoms with van der Waals surface area (Å²) in [6.07, 6.45) is 2.90. The van der Waals surface area contributed by atoms with Gasteiger partial charge in [-0.1, -0.05) is 35.3 Å². The molecule has 1 N–H and O–H groups in total. The van der Waals surface area contributed by atoms with E-state index in [1.807, 2.05) is 0 Å². The Morgan fingerprint density at radius 3 is 2.16 bits per heavy atom. The maximum atomic E-state index is 12.4. The molecule has 5 nitrogen and oxygen atoms in total. The first kappa shape index (κ1) is 20.7. The molecule has 154 valence electrons. The monoisotopic (exact) mass is 452 g/mol. The highest BCUT2D eigenvalue weighted by molar-refractivity contribution is 6.42. The average molecular weight is 453 g/mol. The summed E-state index contributed by atoms with van der Waals surface area (Å²) in [7, 11) is 0. The number of furan rings is 2. The summed E-state index contributed by atoms with van der Waals surface area (Å²) in [6, 6.07) is 18.1. The molecule has 0 saturated heterocycles. The Balaban J connectivity index is 1.47. The number of aromatic carboxylic acids is 1. The lowest BCUT2D eigenvalue weighted by molar-refractivity contribution is 0.0696. The molecule has 4 aromatic rings. The van der Waals surface area contributed by atoms with Crippen LogP contribution in [0.2, 0.25) is 10.0 Å². The number of allylic oxidation sites excluding steroid dienone is 1. The average Bonchev–Trinajstić information content (AvgIpc) is 3.44. The number of halogens is 2. The van der Waals surface area contributed by atoms with Crippen molar-refractivity contribution in [1.29, 1.82) is 0 Å². The second-order valence-corrected chi connectivity index (χ2v) is 7.39. The lowest BCUT2D eigenvalue weighted by atomic mass is 10.1. The van der Waals surface area contributed by atoms with Crippen molar-refractivity contribution in [1.82, 2.24) is 0 Å². The fourth-order valence-electron chi connectivity index (χ4n) is 2.89. The zero-order valence-electron chi connectivity index (χ0n) is 15.8. The van der Waals surface area contributed by atoms with E-state index in [9.17, 15) is 9.59 Å².